The van der Waals surface area contributed by atoms with Gasteiger partial charge in [0.05, 0.1) is 6.54 Å². The van der Waals surface area contributed by atoms with Crippen molar-refractivity contribution in [3.63, 3.8) is 0 Å². The van der Waals surface area contributed by atoms with Crippen molar-refractivity contribution in [3.05, 3.63) is 46.8 Å². The summed E-state index contributed by atoms with van der Waals surface area (Å²) in [5, 5.41) is 7.32. The molecule has 28 heavy (non-hydrogen) atoms. The van der Waals surface area contributed by atoms with Crippen LogP contribution in [0, 0.1) is 0 Å². The number of hydrogen-bond donors (Lipinski definition) is 1. The fourth-order valence-corrected chi connectivity index (χ4v) is 3.83. The Bertz CT molecular complexity index is 913. The van der Waals surface area contributed by atoms with Gasteiger partial charge >= 0.3 is 6.09 Å². The predicted octanol–water partition coefficient (Wildman–Crippen LogP) is 3.30. The van der Waals surface area contributed by atoms with Gasteiger partial charge < -0.3 is 14.5 Å². The topological polar surface area (TPSA) is 78.5 Å². The molecule has 7 heteroatoms. The smallest absolute Gasteiger partial charge is 0.410 e. The second-order valence-corrected chi connectivity index (χ2v) is 8.37. The third-order valence-electron chi connectivity index (χ3n) is 5.14. The molecule has 0 atom stereocenters. The minimum Gasteiger partial charge on any atom is -0.444 e. The predicted molar refractivity (Wildman–Crippen MR) is 105 cm³/mol. The maximum Gasteiger partial charge on any atom is 0.410 e. The number of fused-ring (bicyclic) bond motifs is 2. The zero-order chi connectivity index (χ0) is 19.9. The fraction of sp³-hybridized carbons (Fsp3) is 0.476. The summed E-state index contributed by atoms with van der Waals surface area (Å²) in [5.74, 6) is -0.115. The molecule has 0 bridgehead atoms. The van der Waals surface area contributed by atoms with Crippen molar-refractivity contribution < 1.29 is 14.3 Å². The lowest BCUT2D eigenvalue weighted by molar-refractivity contribution is 0.0222. The Morgan fingerprint density at radius 1 is 1.14 bits per heavy atom. The lowest BCUT2D eigenvalue weighted by Crippen LogP contribution is -2.41. The van der Waals surface area contributed by atoms with Crippen molar-refractivity contribution in [1.82, 2.24) is 15.1 Å². The van der Waals surface area contributed by atoms with Gasteiger partial charge in [-0.3, -0.25) is 9.89 Å². The Kier molecular flexibility index (Phi) is 4.61. The van der Waals surface area contributed by atoms with Crippen LogP contribution in [0.15, 0.2) is 24.3 Å². The van der Waals surface area contributed by atoms with Crippen LogP contribution >= 0.6 is 0 Å². The summed E-state index contributed by atoms with van der Waals surface area (Å²) < 4.78 is 5.49. The summed E-state index contributed by atoms with van der Waals surface area (Å²) in [6.45, 7) is 7.09. The normalized spacial score (nSPS) is 16.4. The van der Waals surface area contributed by atoms with Gasteiger partial charge in [0.2, 0.25) is 0 Å². The van der Waals surface area contributed by atoms with Crippen molar-refractivity contribution in [2.45, 2.75) is 52.2 Å². The number of aromatic nitrogens is 2. The largest absolute Gasteiger partial charge is 0.444 e. The van der Waals surface area contributed by atoms with Crippen molar-refractivity contribution in [2.24, 2.45) is 0 Å². The van der Waals surface area contributed by atoms with E-state index in [1.54, 1.807) is 4.90 Å². The third-order valence-corrected chi connectivity index (χ3v) is 5.14. The number of carbonyl (C=O) groups excluding carboxylic acids is 2. The summed E-state index contributed by atoms with van der Waals surface area (Å²) in [5.41, 5.74) is 3.71. The fourth-order valence-electron chi connectivity index (χ4n) is 3.83. The molecule has 148 valence electrons. The van der Waals surface area contributed by atoms with Crippen molar-refractivity contribution >= 4 is 17.7 Å². The summed E-state index contributed by atoms with van der Waals surface area (Å²) in [4.78, 5) is 29.2. The molecular formula is C21H26N4O3. The molecule has 1 N–H and O–H groups in total. The van der Waals surface area contributed by atoms with Gasteiger partial charge in [0.15, 0.2) is 5.69 Å². The van der Waals surface area contributed by atoms with Crippen LogP contribution in [0.25, 0.3) is 0 Å². The summed E-state index contributed by atoms with van der Waals surface area (Å²) in [6, 6.07) is 8.01. The number of amides is 2. The number of rotatable bonds is 1. The van der Waals surface area contributed by atoms with Crippen LogP contribution < -0.4 is 4.90 Å². The number of benzene rings is 1. The number of hydrogen-bond acceptors (Lipinski definition) is 4. The molecule has 1 aromatic carbocycles. The molecule has 2 amide bonds. The Balaban J connectivity index is 1.58. The van der Waals surface area contributed by atoms with Crippen LogP contribution in [0.2, 0.25) is 0 Å². The van der Waals surface area contributed by atoms with Gasteiger partial charge in [-0.25, -0.2) is 4.79 Å². The minimum atomic E-state index is -0.552. The molecule has 1 aromatic heterocycles. The highest BCUT2D eigenvalue weighted by molar-refractivity contribution is 6.06. The zero-order valence-electron chi connectivity index (χ0n) is 16.6. The van der Waals surface area contributed by atoms with E-state index < -0.39 is 5.60 Å². The molecule has 0 saturated heterocycles. The first kappa shape index (κ1) is 18.5. The van der Waals surface area contributed by atoms with Crippen molar-refractivity contribution in [3.8, 4) is 0 Å². The number of aryl methyl sites for hydroxylation is 1. The van der Waals surface area contributed by atoms with Crippen molar-refractivity contribution in [2.75, 3.05) is 18.0 Å². The molecule has 2 aliphatic rings. The minimum absolute atomic E-state index is 0.115. The van der Waals surface area contributed by atoms with Crippen LogP contribution in [0.4, 0.5) is 10.5 Å². The van der Waals surface area contributed by atoms with Gasteiger partial charge in [0, 0.05) is 36.5 Å². The molecule has 7 nitrogen and oxygen atoms in total. The molecule has 4 rings (SSSR count). The summed E-state index contributed by atoms with van der Waals surface area (Å²) in [7, 11) is 0. The Hall–Kier alpha value is -2.83. The summed E-state index contributed by atoms with van der Waals surface area (Å²) in [6.07, 6.45) is 2.18. The number of para-hydroxylation sites is 1. The third kappa shape index (κ3) is 3.48. The first-order valence-corrected chi connectivity index (χ1v) is 9.77. The number of aromatic amines is 1. The highest BCUT2D eigenvalue weighted by atomic mass is 16.6. The first-order chi connectivity index (χ1) is 13.3. The lowest BCUT2D eigenvalue weighted by atomic mass is 10.00. The van der Waals surface area contributed by atoms with Gasteiger partial charge in [-0.2, -0.15) is 5.10 Å². The van der Waals surface area contributed by atoms with Crippen molar-refractivity contribution in [1.29, 1.82) is 0 Å². The number of ether oxygens (including phenoxy) is 1. The van der Waals surface area contributed by atoms with Crippen LogP contribution in [0.3, 0.4) is 0 Å². The van der Waals surface area contributed by atoms with E-state index in [1.807, 2.05) is 43.9 Å². The standard InChI is InChI=1S/C21H26N4O3/c1-21(2,3)28-20(27)24-12-10-16-15(13-24)18(23-22-16)19(26)25-11-6-8-14-7-4-5-9-17(14)25/h4-5,7,9H,6,8,10-13H2,1-3H3,(H,22,23). The van der Waals surface area contributed by atoms with E-state index in [2.05, 4.69) is 16.3 Å². The average Bonchev–Trinajstić information content (AvgIpc) is 3.09. The number of nitrogens with one attached hydrogen (secondary N) is 1. The monoisotopic (exact) mass is 382 g/mol. The zero-order valence-corrected chi connectivity index (χ0v) is 16.6. The van der Waals surface area contributed by atoms with Crippen LogP contribution in [0.1, 0.15) is 54.5 Å². The molecule has 0 fully saturated rings. The highest BCUT2D eigenvalue weighted by Gasteiger charge is 2.33. The molecule has 0 aliphatic carbocycles. The second kappa shape index (κ2) is 6.96. The van der Waals surface area contributed by atoms with Gasteiger partial charge in [0.1, 0.15) is 5.60 Å². The van der Waals surface area contributed by atoms with E-state index in [1.165, 1.54) is 5.56 Å². The number of H-pyrrole nitrogens is 1. The quantitative estimate of drug-likeness (QED) is 0.821. The van der Waals surface area contributed by atoms with E-state index in [0.29, 0.717) is 31.7 Å². The van der Waals surface area contributed by atoms with Crippen LogP contribution in [-0.4, -0.2) is 45.8 Å². The maximum absolute atomic E-state index is 13.3. The van der Waals surface area contributed by atoms with Gasteiger partial charge in [0.25, 0.3) is 5.91 Å². The molecule has 2 aromatic rings. The molecular weight excluding hydrogens is 356 g/mol. The number of anilines is 1. The molecule has 0 saturated carbocycles. The SMILES string of the molecule is CC(C)(C)OC(=O)N1CCc2[nH]nc(C(=O)N3CCCc4ccccc43)c2C1. The van der Waals surface area contributed by atoms with Crippen LogP contribution in [-0.2, 0) is 24.1 Å². The second-order valence-electron chi connectivity index (χ2n) is 8.37. The van der Waals surface area contributed by atoms with Gasteiger partial charge in [-0.05, 0) is 45.2 Å². The molecule has 2 aliphatic heterocycles. The van der Waals surface area contributed by atoms with Gasteiger partial charge in [-0.15, -0.1) is 0 Å². The average molecular weight is 382 g/mol. The Morgan fingerprint density at radius 2 is 1.93 bits per heavy atom. The number of carbonyl (C=O) groups is 2. The van der Waals surface area contributed by atoms with E-state index in [-0.39, 0.29) is 12.0 Å². The van der Waals surface area contributed by atoms with E-state index in [4.69, 9.17) is 4.74 Å². The van der Waals surface area contributed by atoms with Crippen LogP contribution in [0.5, 0.6) is 0 Å². The Labute approximate surface area is 164 Å². The lowest BCUT2D eigenvalue weighted by Gasteiger charge is -2.31. The Morgan fingerprint density at radius 3 is 2.71 bits per heavy atom. The van der Waals surface area contributed by atoms with E-state index in [9.17, 15) is 9.59 Å². The molecule has 0 radical (unpaired) electrons. The number of nitrogens with zero attached hydrogens (tertiary/aromatic N) is 3. The van der Waals surface area contributed by atoms with E-state index in [0.717, 1.165) is 29.8 Å². The maximum atomic E-state index is 13.3. The van der Waals surface area contributed by atoms with Gasteiger partial charge in [-0.1, -0.05) is 18.2 Å². The van der Waals surface area contributed by atoms with E-state index >= 15 is 0 Å². The molecule has 0 unspecified atom stereocenters. The summed E-state index contributed by atoms with van der Waals surface area (Å²) >= 11 is 0. The molecule has 0 spiro atoms. The highest BCUT2D eigenvalue weighted by Crippen LogP contribution is 2.30. The molecule has 3 heterocycles. The first-order valence-electron chi connectivity index (χ1n) is 9.77.